The first kappa shape index (κ1) is 18.4. The summed E-state index contributed by atoms with van der Waals surface area (Å²) in [5.41, 5.74) is 13.3. The van der Waals surface area contributed by atoms with Crippen LogP contribution in [0, 0.1) is 5.92 Å². The van der Waals surface area contributed by atoms with Crippen LogP contribution in [0.3, 0.4) is 0 Å². The maximum Gasteiger partial charge on any atom is 0.0809 e. The highest BCUT2D eigenvalue weighted by Crippen LogP contribution is 2.26. The molecule has 3 unspecified atom stereocenters. The van der Waals surface area contributed by atoms with E-state index in [2.05, 4.69) is 35.5 Å². The van der Waals surface area contributed by atoms with Crippen molar-refractivity contribution in [3.63, 3.8) is 0 Å². The molecule has 1 fully saturated rings. The Hall–Kier alpha value is -0.620. The zero-order valence-corrected chi connectivity index (χ0v) is 14.1. The van der Waals surface area contributed by atoms with E-state index in [0.717, 1.165) is 25.3 Å². The van der Waals surface area contributed by atoms with Gasteiger partial charge < -0.3 is 26.6 Å². The number of nitrogens with zero attached hydrogens (tertiary/aromatic N) is 2. The smallest absolute Gasteiger partial charge is 0.0809 e. The van der Waals surface area contributed by atoms with Gasteiger partial charge in [-0.05, 0) is 39.8 Å². The highest BCUT2D eigenvalue weighted by atomic mass is 15.3. The lowest BCUT2D eigenvalue weighted by Gasteiger charge is -2.44. The maximum atomic E-state index is 6.57. The Balaban J connectivity index is 2.68. The van der Waals surface area contributed by atoms with Crippen LogP contribution >= 0.6 is 0 Å². The molecule has 0 amide bonds. The molecule has 0 aromatic heterocycles. The third-order valence-electron chi connectivity index (χ3n) is 4.65. The van der Waals surface area contributed by atoms with Gasteiger partial charge in [0.25, 0.3) is 0 Å². The molecule has 0 aromatic rings. The van der Waals surface area contributed by atoms with E-state index in [1.165, 1.54) is 25.8 Å². The summed E-state index contributed by atoms with van der Waals surface area (Å²) in [6.07, 6.45) is 3.64. The van der Waals surface area contributed by atoms with Gasteiger partial charge in [-0.25, -0.2) is 0 Å². The molecule has 0 bridgehead atoms. The SMILES string of the molecule is C=C(CN)N(CCNC)C(N)C1CCC(C)N(CCC)C1. The van der Waals surface area contributed by atoms with E-state index < -0.39 is 0 Å². The van der Waals surface area contributed by atoms with E-state index in [9.17, 15) is 0 Å². The van der Waals surface area contributed by atoms with Gasteiger partial charge in [-0.2, -0.15) is 0 Å². The van der Waals surface area contributed by atoms with Gasteiger partial charge >= 0.3 is 0 Å². The first-order valence-corrected chi connectivity index (χ1v) is 8.33. The molecule has 124 valence electrons. The van der Waals surface area contributed by atoms with Crippen molar-refractivity contribution in [2.75, 3.05) is 39.8 Å². The zero-order valence-electron chi connectivity index (χ0n) is 14.1. The number of rotatable bonds is 9. The highest BCUT2D eigenvalue weighted by Gasteiger charge is 2.31. The van der Waals surface area contributed by atoms with Crippen LogP contribution in [0.2, 0.25) is 0 Å². The molecule has 5 nitrogen and oxygen atoms in total. The standard InChI is InChI=1S/C16H35N5/c1-5-9-20-12-15(7-6-13(20)2)16(18)21(10-8-19-4)14(3)11-17/h13,15-16,19H,3,5-12,17-18H2,1-2,4H3. The topological polar surface area (TPSA) is 70.5 Å². The second-order valence-electron chi connectivity index (χ2n) is 6.24. The Morgan fingerprint density at radius 3 is 2.76 bits per heavy atom. The minimum Gasteiger partial charge on any atom is -0.357 e. The van der Waals surface area contributed by atoms with Crippen molar-refractivity contribution in [3.8, 4) is 0 Å². The van der Waals surface area contributed by atoms with Crippen molar-refractivity contribution >= 4 is 0 Å². The lowest BCUT2D eigenvalue weighted by atomic mass is 9.90. The molecular weight excluding hydrogens is 262 g/mol. The van der Waals surface area contributed by atoms with Gasteiger partial charge in [0.1, 0.15) is 0 Å². The van der Waals surface area contributed by atoms with Crippen LogP contribution in [0.1, 0.15) is 33.1 Å². The molecule has 5 N–H and O–H groups in total. The van der Waals surface area contributed by atoms with Crippen molar-refractivity contribution < 1.29 is 0 Å². The molecule has 21 heavy (non-hydrogen) atoms. The van der Waals surface area contributed by atoms with E-state index in [1.54, 1.807) is 0 Å². The fourth-order valence-corrected chi connectivity index (χ4v) is 3.21. The quantitative estimate of drug-likeness (QED) is 0.549. The lowest BCUT2D eigenvalue weighted by Crippen LogP contribution is -2.55. The van der Waals surface area contributed by atoms with Crippen molar-refractivity contribution in [1.82, 2.24) is 15.1 Å². The third kappa shape index (κ3) is 5.25. The summed E-state index contributed by atoms with van der Waals surface area (Å²) in [5.74, 6) is 0.493. The Bertz CT molecular complexity index is 307. The average Bonchev–Trinajstić information content (AvgIpc) is 2.49. The van der Waals surface area contributed by atoms with E-state index in [4.69, 9.17) is 11.5 Å². The van der Waals surface area contributed by atoms with Gasteiger partial charge in [0.2, 0.25) is 0 Å². The molecular formula is C16H35N5. The summed E-state index contributed by atoms with van der Waals surface area (Å²) in [6.45, 7) is 13.2. The predicted octanol–water partition coefficient (Wildman–Crippen LogP) is 0.776. The molecule has 3 atom stereocenters. The molecule has 0 spiro atoms. The average molecular weight is 297 g/mol. The van der Waals surface area contributed by atoms with Crippen molar-refractivity contribution in [2.45, 2.75) is 45.3 Å². The number of nitrogens with two attached hydrogens (primary N) is 2. The van der Waals surface area contributed by atoms with Gasteiger partial charge in [-0.1, -0.05) is 13.5 Å². The lowest BCUT2D eigenvalue weighted by molar-refractivity contribution is 0.0675. The molecule has 0 aromatic carbocycles. The second-order valence-corrected chi connectivity index (χ2v) is 6.24. The number of likely N-dealkylation sites (tertiary alicyclic amines) is 1. The fourth-order valence-electron chi connectivity index (χ4n) is 3.21. The van der Waals surface area contributed by atoms with Crippen LogP contribution in [-0.2, 0) is 0 Å². The molecule has 1 heterocycles. The monoisotopic (exact) mass is 297 g/mol. The molecule has 1 rings (SSSR count). The highest BCUT2D eigenvalue weighted by molar-refractivity contribution is 4.99. The number of hydrogen-bond donors (Lipinski definition) is 3. The van der Waals surface area contributed by atoms with Crippen molar-refractivity contribution in [3.05, 3.63) is 12.3 Å². The molecule has 1 aliphatic rings. The Labute approximate surface area is 130 Å². The number of hydrogen-bond acceptors (Lipinski definition) is 5. The normalized spacial score (nSPS) is 24.8. The van der Waals surface area contributed by atoms with Crippen molar-refractivity contribution in [1.29, 1.82) is 0 Å². The summed E-state index contributed by atoms with van der Waals surface area (Å²) in [7, 11) is 1.96. The fraction of sp³-hybridized carbons (Fsp3) is 0.875. The minimum absolute atomic E-state index is 0.0151. The predicted molar refractivity (Wildman–Crippen MR) is 90.9 cm³/mol. The van der Waals surface area contributed by atoms with E-state index in [-0.39, 0.29) is 6.17 Å². The molecule has 0 aliphatic carbocycles. The zero-order chi connectivity index (χ0) is 15.8. The largest absolute Gasteiger partial charge is 0.357 e. The Kier molecular flexibility index (Phi) is 8.26. The van der Waals surface area contributed by atoms with Gasteiger partial charge in [0.05, 0.1) is 6.17 Å². The molecule has 1 aliphatic heterocycles. The van der Waals surface area contributed by atoms with Crippen molar-refractivity contribution in [2.24, 2.45) is 17.4 Å². The Morgan fingerprint density at radius 2 is 2.19 bits per heavy atom. The number of likely N-dealkylation sites (N-methyl/N-ethyl adjacent to an activating group) is 1. The summed E-state index contributed by atoms with van der Waals surface area (Å²) >= 11 is 0. The van der Waals surface area contributed by atoms with E-state index in [1.807, 2.05) is 7.05 Å². The van der Waals surface area contributed by atoms with Crippen LogP contribution in [0.15, 0.2) is 12.3 Å². The molecule has 0 saturated carbocycles. The molecule has 1 saturated heterocycles. The second kappa shape index (κ2) is 9.41. The molecule has 5 heteroatoms. The van der Waals surface area contributed by atoms with Crippen LogP contribution in [0.25, 0.3) is 0 Å². The summed E-state index contributed by atoms with van der Waals surface area (Å²) in [5, 5.41) is 3.18. The van der Waals surface area contributed by atoms with Crippen LogP contribution < -0.4 is 16.8 Å². The number of piperidine rings is 1. The van der Waals surface area contributed by atoms with E-state index >= 15 is 0 Å². The van der Waals surface area contributed by atoms with Crippen LogP contribution in [0.4, 0.5) is 0 Å². The summed E-state index contributed by atoms with van der Waals surface area (Å²) in [6, 6.07) is 0.678. The third-order valence-corrected chi connectivity index (χ3v) is 4.65. The summed E-state index contributed by atoms with van der Waals surface area (Å²) in [4.78, 5) is 4.77. The van der Waals surface area contributed by atoms with Gasteiger partial charge in [0, 0.05) is 43.8 Å². The Morgan fingerprint density at radius 1 is 1.48 bits per heavy atom. The van der Waals surface area contributed by atoms with Crippen LogP contribution in [0.5, 0.6) is 0 Å². The molecule has 0 radical (unpaired) electrons. The summed E-state index contributed by atoms with van der Waals surface area (Å²) < 4.78 is 0. The maximum absolute atomic E-state index is 6.57. The first-order valence-electron chi connectivity index (χ1n) is 8.33. The minimum atomic E-state index is 0.0151. The van der Waals surface area contributed by atoms with E-state index in [0.29, 0.717) is 18.5 Å². The number of nitrogens with one attached hydrogen (secondary N) is 1. The van der Waals surface area contributed by atoms with Crippen LogP contribution in [-0.4, -0.2) is 61.8 Å². The van der Waals surface area contributed by atoms with Gasteiger partial charge in [-0.3, -0.25) is 0 Å². The van der Waals surface area contributed by atoms with Gasteiger partial charge in [-0.15, -0.1) is 0 Å². The van der Waals surface area contributed by atoms with Gasteiger partial charge in [0.15, 0.2) is 0 Å². The first-order chi connectivity index (χ1) is 10.0.